The van der Waals surface area contributed by atoms with Crippen molar-refractivity contribution < 1.29 is 20.1 Å². The van der Waals surface area contributed by atoms with Crippen LogP contribution < -0.4 is 5.32 Å². The summed E-state index contributed by atoms with van der Waals surface area (Å²) in [6.07, 6.45) is -4.14. The van der Waals surface area contributed by atoms with Crippen LogP contribution in [0, 0.1) is 0 Å². The lowest BCUT2D eigenvalue weighted by atomic mass is 10.0. The molecule has 6 heteroatoms. The number of aliphatic hydroxyl groups excluding tert-OH is 3. The van der Waals surface area contributed by atoms with Gasteiger partial charge in [-0.25, -0.2) is 0 Å². The molecule has 1 saturated heterocycles. The maximum absolute atomic E-state index is 9.72. The number of rotatable bonds is 2. The number of halogens is 1. The SMILES string of the molecule is O[C@@H]1[C@H](O)[C@@H](Nc2ccc(Br)cc2)OC[C@H]1O. The normalized spacial score (nSPS) is 33.4. The van der Waals surface area contributed by atoms with Crippen LogP contribution in [-0.2, 0) is 4.74 Å². The molecule has 0 saturated carbocycles. The molecule has 1 aromatic rings. The quantitative estimate of drug-likeness (QED) is 0.632. The summed E-state index contributed by atoms with van der Waals surface area (Å²) in [4.78, 5) is 0. The fourth-order valence-corrected chi connectivity index (χ4v) is 1.91. The molecule has 0 radical (unpaired) electrons. The summed E-state index contributed by atoms with van der Waals surface area (Å²) in [6.45, 7) is -0.00752. The standard InChI is InChI=1S/C11H14BrNO4/c12-6-1-3-7(4-2-6)13-11-10(16)9(15)8(14)5-17-11/h1-4,8-11,13-16H,5H2/t8-,9+,10+,11+/m1/s1. The monoisotopic (exact) mass is 303 g/mol. The number of aliphatic hydroxyl groups is 3. The van der Waals surface area contributed by atoms with Crippen LogP contribution in [0.15, 0.2) is 28.7 Å². The molecule has 4 N–H and O–H groups in total. The van der Waals surface area contributed by atoms with Crippen molar-refractivity contribution in [2.45, 2.75) is 24.5 Å². The first-order valence-corrected chi connectivity index (χ1v) is 6.05. The second-order valence-corrected chi connectivity index (χ2v) is 4.87. The van der Waals surface area contributed by atoms with Gasteiger partial charge in [0.2, 0.25) is 0 Å². The Morgan fingerprint density at radius 3 is 2.41 bits per heavy atom. The average Bonchev–Trinajstić information content (AvgIpc) is 2.33. The Balaban J connectivity index is 2.01. The molecule has 2 rings (SSSR count). The molecule has 0 unspecified atom stereocenters. The van der Waals surface area contributed by atoms with Gasteiger partial charge in [0.15, 0.2) is 6.23 Å². The van der Waals surface area contributed by atoms with E-state index >= 15 is 0 Å². The second-order valence-electron chi connectivity index (χ2n) is 3.95. The van der Waals surface area contributed by atoms with Crippen molar-refractivity contribution in [2.24, 2.45) is 0 Å². The molecule has 0 aliphatic carbocycles. The van der Waals surface area contributed by atoms with Crippen LogP contribution in [0.5, 0.6) is 0 Å². The highest BCUT2D eigenvalue weighted by atomic mass is 79.9. The molecular formula is C11H14BrNO4. The Hall–Kier alpha value is -0.660. The summed E-state index contributed by atoms with van der Waals surface area (Å²) in [7, 11) is 0. The van der Waals surface area contributed by atoms with Crippen LogP contribution in [0.1, 0.15) is 0 Å². The first kappa shape index (κ1) is 12.8. The Labute approximate surface area is 107 Å². The summed E-state index contributed by atoms with van der Waals surface area (Å²) in [6, 6.07) is 7.33. The fourth-order valence-electron chi connectivity index (χ4n) is 1.64. The van der Waals surface area contributed by atoms with E-state index in [2.05, 4.69) is 21.2 Å². The molecule has 1 aromatic carbocycles. The second kappa shape index (κ2) is 5.32. The molecule has 0 spiro atoms. The van der Waals surface area contributed by atoms with Crippen molar-refractivity contribution in [2.75, 3.05) is 11.9 Å². The molecule has 0 aromatic heterocycles. The molecule has 94 valence electrons. The number of anilines is 1. The van der Waals surface area contributed by atoms with Crippen molar-refractivity contribution in [3.05, 3.63) is 28.7 Å². The summed E-state index contributed by atoms with van der Waals surface area (Å²) in [5.74, 6) is 0. The zero-order valence-electron chi connectivity index (χ0n) is 8.95. The number of benzene rings is 1. The van der Waals surface area contributed by atoms with Crippen LogP contribution >= 0.6 is 15.9 Å². The molecule has 1 heterocycles. The molecule has 4 atom stereocenters. The summed E-state index contributed by atoms with van der Waals surface area (Å²) in [5, 5.41) is 31.5. The first-order valence-electron chi connectivity index (χ1n) is 5.26. The smallest absolute Gasteiger partial charge is 0.156 e. The van der Waals surface area contributed by atoms with Crippen LogP contribution in [0.25, 0.3) is 0 Å². The Kier molecular flexibility index (Phi) is 4.01. The predicted molar refractivity (Wildman–Crippen MR) is 65.5 cm³/mol. The molecule has 0 bridgehead atoms. The van der Waals surface area contributed by atoms with Crippen molar-refractivity contribution in [3.63, 3.8) is 0 Å². The van der Waals surface area contributed by atoms with E-state index in [-0.39, 0.29) is 6.61 Å². The Morgan fingerprint density at radius 1 is 1.12 bits per heavy atom. The molecule has 0 amide bonds. The lowest BCUT2D eigenvalue weighted by Crippen LogP contribution is -2.55. The average molecular weight is 304 g/mol. The minimum atomic E-state index is -1.20. The van der Waals surface area contributed by atoms with E-state index in [9.17, 15) is 15.3 Å². The number of ether oxygens (including phenoxy) is 1. The number of nitrogens with one attached hydrogen (secondary N) is 1. The Morgan fingerprint density at radius 2 is 1.76 bits per heavy atom. The van der Waals surface area contributed by atoms with Gasteiger partial charge in [-0.1, -0.05) is 15.9 Å². The van der Waals surface area contributed by atoms with Gasteiger partial charge in [-0.2, -0.15) is 0 Å². The molecule has 1 aliphatic heterocycles. The van der Waals surface area contributed by atoms with E-state index in [1.54, 1.807) is 0 Å². The highest BCUT2D eigenvalue weighted by Gasteiger charge is 2.37. The lowest BCUT2D eigenvalue weighted by Gasteiger charge is -2.35. The van der Waals surface area contributed by atoms with E-state index < -0.39 is 24.5 Å². The lowest BCUT2D eigenvalue weighted by molar-refractivity contribution is -0.178. The van der Waals surface area contributed by atoms with Gasteiger partial charge in [-0.05, 0) is 24.3 Å². The highest BCUT2D eigenvalue weighted by Crippen LogP contribution is 2.20. The minimum Gasteiger partial charge on any atom is -0.388 e. The molecule has 1 fully saturated rings. The molecule has 1 aliphatic rings. The van der Waals surface area contributed by atoms with Crippen molar-refractivity contribution >= 4 is 21.6 Å². The van der Waals surface area contributed by atoms with Gasteiger partial charge in [0.1, 0.15) is 18.3 Å². The Bertz CT molecular complexity index is 372. The van der Waals surface area contributed by atoms with Gasteiger partial charge in [0.25, 0.3) is 0 Å². The molecule has 17 heavy (non-hydrogen) atoms. The largest absolute Gasteiger partial charge is 0.388 e. The summed E-state index contributed by atoms with van der Waals surface area (Å²) >= 11 is 3.32. The maximum atomic E-state index is 9.72. The number of hydrogen-bond donors (Lipinski definition) is 4. The van der Waals surface area contributed by atoms with Crippen LogP contribution in [0.2, 0.25) is 0 Å². The molecular weight excluding hydrogens is 290 g/mol. The zero-order valence-corrected chi connectivity index (χ0v) is 10.5. The van der Waals surface area contributed by atoms with E-state index in [4.69, 9.17) is 4.74 Å². The van der Waals surface area contributed by atoms with E-state index in [0.717, 1.165) is 10.2 Å². The van der Waals surface area contributed by atoms with Gasteiger partial charge in [0.05, 0.1) is 6.61 Å². The van der Waals surface area contributed by atoms with Crippen molar-refractivity contribution in [3.8, 4) is 0 Å². The van der Waals surface area contributed by atoms with Gasteiger partial charge in [-0.3, -0.25) is 0 Å². The highest BCUT2D eigenvalue weighted by molar-refractivity contribution is 9.10. The number of hydrogen-bond acceptors (Lipinski definition) is 5. The maximum Gasteiger partial charge on any atom is 0.156 e. The summed E-state index contributed by atoms with van der Waals surface area (Å²) in [5.41, 5.74) is 0.765. The zero-order chi connectivity index (χ0) is 12.4. The van der Waals surface area contributed by atoms with Gasteiger partial charge < -0.3 is 25.4 Å². The van der Waals surface area contributed by atoms with Gasteiger partial charge in [-0.15, -0.1) is 0 Å². The summed E-state index contributed by atoms with van der Waals surface area (Å²) < 4.78 is 6.17. The fraction of sp³-hybridized carbons (Fsp3) is 0.455. The molecule has 5 nitrogen and oxygen atoms in total. The third-order valence-electron chi connectivity index (χ3n) is 2.65. The van der Waals surface area contributed by atoms with E-state index in [1.165, 1.54) is 0 Å². The third-order valence-corrected chi connectivity index (χ3v) is 3.18. The van der Waals surface area contributed by atoms with E-state index in [0.29, 0.717) is 0 Å². The third kappa shape index (κ3) is 2.97. The van der Waals surface area contributed by atoms with Gasteiger partial charge in [0, 0.05) is 10.2 Å². The first-order chi connectivity index (χ1) is 8.08. The van der Waals surface area contributed by atoms with Crippen LogP contribution in [-0.4, -0.2) is 46.5 Å². The predicted octanol–water partition coefficient (Wildman–Crippen LogP) is 0.300. The van der Waals surface area contributed by atoms with Crippen molar-refractivity contribution in [1.82, 2.24) is 0 Å². The van der Waals surface area contributed by atoms with Gasteiger partial charge >= 0.3 is 0 Å². The minimum absolute atomic E-state index is 0.00752. The van der Waals surface area contributed by atoms with E-state index in [1.807, 2.05) is 24.3 Å². The van der Waals surface area contributed by atoms with Crippen LogP contribution in [0.4, 0.5) is 5.69 Å². The topological polar surface area (TPSA) is 82.0 Å². The van der Waals surface area contributed by atoms with Crippen molar-refractivity contribution in [1.29, 1.82) is 0 Å². The van der Waals surface area contributed by atoms with Crippen LogP contribution in [0.3, 0.4) is 0 Å².